The zero-order chi connectivity index (χ0) is 22.5. The number of aromatic nitrogens is 2. The number of hydrogen-bond acceptors (Lipinski definition) is 6. The zero-order valence-electron chi connectivity index (χ0n) is 16.5. The number of terminal acetylenes is 1. The molecule has 9 heteroatoms. The monoisotopic (exact) mass is 458 g/mol. The summed E-state index contributed by atoms with van der Waals surface area (Å²) in [4.78, 5) is 25.3. The molecule has 2 aromatic carbocycles. The topological polar surface area (TPSA) is 79.7 Å². The molecule has 0 saturated heterocycles. The van der Waals surface area contributed by atoms with Gasteiger partial charge in [-0.1, -0.05) is 47.3 Å². The molecule has 3 rings (SSSR count). The molecule has 0 fully saturated rings. The Hall–Kier alpha value is -3.47. The lowest BCUT2D eigenvalue weighted by Gasteiger charge is -2.10. The van der Waals surface area contributed by atoms with Crippen LogP contribution in [0.2, 0.25) is 10.0 Å². The van der Waals surface area contributed by atoms with E-state index in [1.54, 1.807) is 30.3 Å². The van der Waals surface area contributed by atoms with Gasteiger partial charge in [0, 0.05) is 5.56 Å². The highest BCUT2D eigenvalue weighted by molar-refractivity contribution is 6.37. The van der Waals surface area contributed by atoms with Crippen LogP contribution in [0.15, 0.2) is 42.5 Å². The van der Waals surface area contributed by atoms with Crippen molar-refractivity contribution in [3.63, 3.8) is 0 Å². The molecular formula is C22H16Cl2N2O5. The Morgan fingerprint density at radius 3 is 2.23 bits per heavy atom. The fourth-order valence-corrected chi connectivity index (χ4v) is 3.50. The van der Waals surface area contributed by atoms with Crippen LogP contribution in [0.3, 0.4) is 0 Å². The molecule has 0 aliphatic rings. The van der Waals surface area contributed by atoms with Gasteiger partial charge < -0.3 is 14.2 Å². The van der Waals surface area contributed by atoms with Crippen LogP contribution in [0.5, 0.6) is 5.75 Å². The van der Waals surface area contributed by atoms with Crippen LogP contribution >= 0.6 is 23.2 Å². The first-order valence-corrected chi connectivity index (χ1v) is 9.59. The minimum Gasteiger partial charge on any atom is -0.478 e. The van der Waals surface area contributed by atoms with Crippen LogP contribution in [0, 0.1) is 12.3 Å². The molecule has 0 amide bonds. The predicted octanol–water partition coefficient (Wildman–Crippen LogP) is 4.43. The molecule has 3 aromatic rings. The van der Waals surface area contributed by atoms with Crippen molar-refractivity contribution in [3.8, 4) is 35.0 Å². The highest BCUT2D eigenvalue weighted by Crippen LogP contribution is 2.39. The lowest BCUT2D eigenvalue weighted by molar-refractivity contribution is 0.0549. The van der Waals surface area contributed by atoms with Gasteiger partial charge in [-0.25, -0.2) is 14.3 Å². The van der Waals surface area contributed by atoms with E-state index in [0.29, 0.717) is 11.3 Å². The van der Waals surface area contributed by atoms with E-state index < -0.39 is 11.9 Å². The number of rotatable bonds is 6. The Morgan fingerprint density at radius 1 is 1.06 bits per heavy atom. The molecule has 0 bridgehead atoms. The van der Waals surface area contributed by atoms with Crippen LogP contribution in [0.4, 0.5) is 0 Å². The molecule has 0 aliphatic heterocycles. The van der Waals surface area contributed by atoms with E-state index in [-0.39, 0.29) is 39.4 Å². The molecule has 1 aromatic heterocycles. The van der Waals surface area contributed by atoms with E-state index in [9.17, 15) is 9.59 Å². The summed E-state index contributed by atoms with van der Waals surface area (Å²) >= 11 is 12.6. The first kappa shape index (κ1) is 22.2. The van der Waals surface area contributed by atoms with Gasteiger partial charge in [-0.15, -0.1) is 6.42 Å². The van der Waals surface area contributed by atoms with Crippen molar-refractivity contribution in [1.29, 1.82) is 0 Å². The minimum atomic E-state index is -0.780. The van der Waals surface area contributed by atoms with Gasteiger partial charge >= 0.3 is 11.9 Å². The van der Waals surface area contributed by atoms with E-state index in [1.807, 2.05) is 0 Å². The second-order valence-corrected chi connectivity index (χ2v) is 6.88. The second kappa shape index (κ2) is 9.56. The number of carbonyl (C=O) groups excluding carboxylic acids is 2. The van der Waals surface area contributed by atoms with E-state index >= 15 is 0 Å². The largest absolute Gasteiger partial charge is 0.478 e. The molecule has 0 aliphatic carbocycles. The summed E-state index contributed by atoms with van der Waals surface area (Å²) in [6, 6.07) is 11.8. The van der Waals surface area contributed by atoms with Crippen LogP contribution < -0.4 is 4.74 Å². The van der Waals surface area contributed by atoms with Crippen molar-refractivity contribution in [2.75, 3.05) is 20.8 Å². The van der Waals surface area contributed by atoms with Gasteiger partial charge in [-0.05, 0) is 24.3 Å². The summed E-state index contributed by atoms with van der Waals surface area (Å²) in [5.74, 6) is 0.974. The zero-order valence-corrected chi connectivity index (χ0v) is 18.0. The molecule has 1 heterocycles. The Kier molecular flexibility index (Phi) is 6.85. The standard InChI is InChI=1S/C22H16Cl2N2O5/c1-4-10-31-20-15(23)11-13(12-16(20)24)18-17(21(27)29-2)19(22(28)30-3)26(25-18)14-8-6-5-7-9-14/h1,5-9,11-12H,10H2,2-3H3. The van der Waals surface area contributed by atoms with Crippen molar-refractivity contribution in [3.05, 3.63) is 63.8 Å². The normalized spacial score (nSPS) is 10.3. The van der Waals surface area contributed by atoms with Gasteiger partial charge in [-0.2, -0.15) is 5.10 Å². The van der Waals surface area contributed by atoms with Gasteiger partial charge in [-0.3, -0.25) is 0 Å². The Labute approximate surface area is 188 Å². The number of carbonyl (C=O) groups is 2. The second-order valence-electron chi connectivity index (χ2n) is 6.06. The average molecular weight is 459 g/mol. The van der Waals surface area contributed by atoms with Crippen LogP contribution in [0.1, 0.15) is 20.8 Å². The lowest BCUT2D eigenvalue weighted by Crippen LogP contribution is -2.15. The maximum atomic E-state index is 12.7. The van der Waals surface area contributed by atoms with Gasteiger partial charge in [0.1, 0.15) is 17.9 Å². The summed E-state index contributed by atoms with van der Waals surface area (Å²) in [6.45, 7) is -0.0265. The molecule has 158 valence electrons. The first-order valence-electron chi connectivity index (χ1n) is 8.83. The van der Waals surface area contributed by atoms with E-state index in [4.69, 9.17) is 43.8 Å². The lowest BCUT2D eigenvalue weighted by atomic mass is 10.1. The number of methoxy groups -OCH3 is 2. The fourth-order valence-electron chi connectivity index (χ4n) is 2.91. The molecule has 0 spiro atoms. The van der Waals surface area contributed by atoms with Crippen LogP contribution in [-0.2, 0) is 9.47 Å². The summed E-state index contributed by atoms with van der Waals surface area (Å²) < 4.78 is 16.5. The molecule has 31 heavy (non-hydrogen) atoms. The van der Waals surface area contributed by atoms with Crippen molar-refractivity contribution >= 4 is 35.1 Å². The third kappa shape index (κ3) is 4.36. The number of benzene rings is 2. The van der Waals surface area contributed by atoms with Gasteiger partial charge in [0.05, 0.1) is 30.0 Å². The fraction of sp³-hybridized carbons (Fsp3) is 0.136. The summed E-state index contributed by atoms with van der Waals surface area (Å²) in [6.07, 6.45) is 5.21. The van der Waals surface area contributed by atoms with E-state index in [1.165, 1.54) is 31.0 Å². The summed E-state index contributed by atoms with van der Waals surface area (Å²) in [5, 5.41) is 4.80. The van der Waals surface area contributed by atoms with Gasteiger partial charge in [0.25, 0.3) is 0 Å². The van der Waals surface area contributed by atoms with Crippen molar-refractivity contribution in [2.24, 2.45) is 0 Å². The number of nitrogens with zero attached hydrogens (tertiary/aromatic N) is 2. The average Bonchev–Trinajstić information content (AvgIpc) is 3.18. The molecule has 0 N–H and O–H groups in total. The van der Waals surface area contributed by atoms with Crippen molar-refractivity contribution in [1.82, 2.24) is 9.78 Å². The van der Waals surface area contributed by atoms with E-state index in [0.717, 1.165) is 0 Å². The molecule has 0 unspecified atom stereocenters. The Balaban J connectivity index is 2.30. The third-order valence-corrected chi connectivity index (χ3v) is 4.79. The SMILES string of the molecule is C#CCOc1c(Cl)cc(-c2nn(-c3ccccc3)c(C(=O)OC)c2C(=O)OC)cc1Cl. The first-order chi connectivity index (χ1) is 14.9. The van der Waals surface area contributed by atoms with Gasteiger partial charge in [0.15, 0.2) is 11.4 Å². The number of esters is 2. The molecule has 0 atom stereocenters. The number of hydrogen-bond donors (Lipinski definition) is 0. The van der Waals surface area contributed by atoms with Gasteiger partial charge in [0.2, 0.25) is 0 Å². The van der Waals surface area contributed by atoms with Crippen molar-refractivity contribution in [2.45, 2.75) is 0 Å². The van der Waals surface area contributed by atoms with Crippen LogP contribution in [-0.4, -0.2) is 42.5 Å². The predicted molar refractivity (Wildman–Crippen MR) is 116 cm³/mol. The number of ether oxygens (including phenoxy) is 3. The molecule has 0 radical (unpaired) electrons. The van der Waals surface area contributed by atoms with E-state index in [2.05, 4.69) is 11.0 Å². The maximum absolute atomic E-state index is 12.7. The maximum Gasteiger partial charge on any atom is 0.357 e. The highest BCUT2D eigenvalue weighted by atomic mass is 35.5. The molecule has 7 nitrogen and oxygen atoms in total. The summed E-state index contributed by atoms with van der Waals surface area (Å²) in [7, 11) is 2.40. The summed E-state index contributed by atoms with van der Waals surface area (Å²) in [5.41, 5.74) is 0.829. The smallest absolute Gasteiger partial charge is 0.357 e. The van der Waals surface area contributed by atoms with Crippen LogP contribution in [0.25, 0.3) is 16.9 Å². The quantitative estimate of drug-likeness (QED) is 0.401. The Bertz CT molecular complexity index is 1160. The molecule has 0 saturated carbocycles. The number of halogens is 2. The third-order valence-electron chi connectivity index (χ3n) is 4.23. The molecular weight excluding hydrogens is 443 g/mol. The van der Waals surface area contributed by atoms with Crippen molar-refractivity contribution < 1.29 is 23.8 Å². The highest BCUT2D eigenvalue weighted by Gasteiger charge is 2.31. The minimum absolute atomic E-state index is 0.0265. The Morgan fingerprint density at radius 2 is 1.68 bits per heavy atom. The number of para-hydroxylation sites is 1.